The van der Waals surface area contributed by atoms with Crippen LogP contribution in [0.15, 0.2) is 46.3 Å². The summed E-state index contributed by atoms with van der Waals surface area (Å²) in [7, 11) is -3.55. The molecule has 1 aromatic heterocycles. The number of aryl methyl sites for hydroxylation is 1. The third kappa shape index (κ3) is 8.77. The maximum absolute atomic E-state index is 12.3. The van der Waals surface area contributed by atoms with E-state index >= 15 is 0 Å². The molecule has 1 aromatic carbocycles. The van der Waals surface area contributed by atoms with E-state index in [9.17, 15) is 13.5 Å². The number of halogens is 2. The molecule has 7 nitrogen and oxygen atoms in total. The van der Waals surface area contributed by atoms with Gasteiger partial charge in [-0.1, -0.05) is 29.3 Å². The molecule has 1 heterocycles. The molecule has 0 aliphatic heterocycles. The van der Waals surface area contributed by atoms with Crippen molar-refractivity contribution in [2.75, 3.05) is 26.2 Å². The Labute approximate surface area is 198 Å². The minimum Gasteiger partial charge on any atom is -0.386 e. The van der Waals surface area contributed by atoms with Crippen LogP contribution in [0.3, 0.4) is 0 Å². The minimum atomic E-state index is -3.55. The number of aliphatic imine (C=N–C) groups is 1. The van der Waals surface area contributed by atoms with Crippen molar-refractivity contribution in [2.24, 2.45) is 4.99 Å². The first-order valence-electron chi connectivity index (χ1n) is 8.83. The second-order valence-electron chi connectivity index (χ2n) is 6.01. The second kappa shape index (κ2) is 12.7. The largest absolute Gasteiger partial charge is 0.386 e. The molecule has 29 heavy (non-hydrogen) atoms. The third-order valence-corrected chi connectivity index (χ3v) is 6.54. The summed E-state index contributed by atoms with van der Waals surface area (Å²) in [5.74, 6) is 0.499. The summed E-state index contributed by atoms with van der Waals surface area (Å²) in [6.07, 6.45) is -0.743. The van der Waals surface area contributed by atoms with E-state index in [1.807, 2.05) is 13.8 Å². The topological polar surface area (TPSA) is 103 Å². The van der Waals surface area contributed by atoms with E-state index in [-0.39, 0.29) is 42.0 Å². The SMILES string of the molecule is CCNC(=NCC(O)c1ccc(Cl)s1)NCCNS(=O)(=O)c1ccc(C)cc1.I. The van der Waals surface area contributed by atoms with Gasteiger partial charge in [-0.15, -0.1) is 35.3 Å². The molecule has 0 saturated heterocycles. The highest BCUT2D eigenvalue weighted by Gasteiger charge is 2.13. The number of hydrogen-bond acceptors (Lipinski definition) is 5. The van der Waals surface area contributed by atoms with Crippen molar-refractivity contribution in [3.8, 4) is 0 Å². The van der Waals surface area contributed by atoms with Gasteiger partial charge in [0.15, 0.2) is 5.96 Å². The molecule has 0 radical (unpaired) electrons. The Balaban J connectivity index is 0.00000420. The summed E-state index contributed by atoms with van der Waals surface area (Å²) in [4.78, 5) is 5.31. The lowest BCUT2D eigenvalue weighted by molar-refractivity contribution is 0.191. The monoisotopic (exact) mass is 572 g/mol. The predicted molar refractivity (Wildman–Crippen MR) is 130 cm³/mol. The molecule has 0 spiro atoms. The Morgan fingerprint density at radius 3 is 2.45 bits per heavy atom. The smallest absolute Gasteiger partial charge is 0.240 e. The fraction of sp³-hybridized carbons (Fsp3) is 0.389. The Morgan fingerprint density at radius 1 is 1.17 bits per heavy atom. The number of nitrogens with zero attached hydrogens (tertiary/aromatic N) is 1. The van der Waals surface area contributed by atoms with Crippen molar-refractivity contribution in [1.29, 1.82) is 0 Å². The van der Waals surface area contributed by atoms with E-state index < -0.39 is 16.1 Å². The summed E-state index contributed by atoms with van der Waals surface area (Å²) in [6.45, 7) is 5.18. The van der Waals surface area contributed by atoms with Gasteiger partial charge in [0.05, 0.1) is 15.8 Å². The van der Waals surface area contributed by atoms with Crippen LogP contribution < -0.4 is 15.4 Å². The maximum atomic E-state index is 12.3. The van der Waals surface area contributed by atoms with Gasteiger partial charge in [0.1, 0.15) is 6.10 Å². The van der Waals surface area contributed by atoms with Crippen molar-refractivity contribution in [1.82, 2.24) is 15.4 Å². The van der Waals surface area contributed by atoms with Crippen molar-refractivity contribution >= 4 is 62.9 Å². The quantitative estimate of drug-likeness (QED) is 0.160. The molecule has 2 aromatic rings. The van der Waals surface area contributed by atoms with Crippen LogP contribution in [0, 0.1) is 6.92 Å². The van der Waals surface area contributed by atoms with E-state index in [4.69, 9.17) is 11.6 Å². The lowest BCUT2D eigenvalue weighted by Crippen LogP contribution is -2.41. The number of hydrogen-bond donors (Lipinski definition) is 4. The van der Waals surface area contributed by atoms with Crippen LogP contribution in [0.1, 0.15) is 23.5 Å². The van der Waals surface area contributed by atoms with Crippen LogP contribution in [0.4, 0.5) is 0 Å². The van der Waals surface area contributed by atoms with Crippen molar-refractivity contribution < 1.29 is 13.5 Å². The molecule has 11 heteroatoms. The average molecular weight is 573 g/mol. The molecule has 0 aliphatic carbocycles. The van der Waals surface area contributed by atoms with Crippen LogP contribution in [-0.4, -0.2) is 45.7 Å². The molecular formula is C18H26ClIN4O3S2. The number of guanidine groups is 1. The Hall–Kier alpha value is -0.920. The highest BCUT2D eigenvalue weighted by Crippen LogP contribution is 2.26. The van der Waals surface area contributed by atoms with Gasteiger partial charge in [0.2, 0.25) is 10.0 Å². The molecule has 0 bridgehead atoms. The van der Waals surface area contributed by atoms with Crippen LogP contribution in [0.5, 0.6) is 0 Å². The van der Waals surface area contributed by atoms with E-state index in [2.05, 4.69) is 20.3 Å². The van der Waals surface area contributed by atoms with E-state index in [1.165, 1.54) is 11.3 Å². The molecule has 4 N–H and O–H groups in total. The minimum absolute atomic E-state index is 0. The highest BCUT2D eigenvalue weighted by molar-refractivity contribution is 14.0. The first-order valence-corrected chi connectivity index (χ1v) is 11.5. The summed E-state index contributed by atoms with van der Waals surface area (Å²) < 4.78 is 27.7. The molecule has 0 aliphatic rings. The van der Waals surface area contributed by atoms with Gasteiger partial charge in [-0.05, 0) is 38.1 Å². The van der Waals surface area contributed by atoms with Gasteiger partial charge in [0, 0.05) is 24.5 Å². The highest BCUT2D eigenvalue weighted by atomic mass is 127. The van der Waals surface area contributed by atoms with Gasteiger partial charge in [-0.3, -0.25) is 4.99 Å². The third-order valence-electron chi connectivity index (χ3n) is 3.73. The molecule has 1 atom stereocenters. The normalized spacial score (nSPS) is 12.9. The zero-order valence-corrected chi connectivity index (χ0v) is 20.9. The van der Waals surface area contributed by atoms with E-state index in [0.29, 0.717) is 23.4 Å². The lowest BCUT2D eigenvalue weighted by atomic mass is 10.2. The van der Waals surface area contributed by atoms with Gasteiger partial charge in [-0.25, -0.2) is 13.1 Å². The number of aliphatic hydroxyl groups is 1. The van der Waals surface area contributed by atoms with Crippen LogP contribution in [0.2, 0.25) is 4.34 Å². The summed E-state index contributed by atoms with van der Waals surface area (Å²) >= 11 is 7.19. The van der Waals surface area contributed by atoms with E-state index in [1.54, 1.807) is 36.4 Å². The van der Waals surface area contributed by atoms with Crippen molar-refractivity contribution in [2.45, 2.75) is 24.8 Å². The number of nitrogens with one attached hydrogen (secondary N) is 3. The first kappa shape index (κ1) is 26.1. The molecule has 162 valence electrons. The number of benzene rings is 1. The maximum Gasteiger partial charge on any atom is 0.240 e. The summed E-state index contributed by atoms with van der Waals surface area (Å²) in [5.41, 5.74) is 0.999. The number of rotatable bonds is 9. The number of sulfonamides is 1. The standard InChI is InChI=1S/C18H25ClN4O3S2.HI/c1-3-20-18(22-12-15(24)16-8-9-17(19)27-16)21-10-11-23-28(25,26)14-6-4-13(2)5-7-14;/h4-9,15,23-24H,3,10-12H2,1-2H3,(H2,20,21,22);1H. The van der Waals surface area contributed by atoms with E-state index in [0.717, 1.165) is 10.4 Å². The van der Waals surface area contributed by atoms with Gasteiger partial charge >= 0.3 is 0 Å². The second-order valence-corrected chi connectivity index (χ2v) is 9.53. The van der Waals surface area contributed by atoms with Crippen LogP contribution >= 0.6 is 46.9 Å². The number of aliphatic hydroxyl groups excluding tert-OH is 1. The fourth-order valence-corrected chi connectivity index (χ4v) is 4.35. The van der Waals surface area contributed by atoms with Crippen LogP contribution in [-0.2, 0) is 10.0 Å². The molecule has 1 unspecified atom stereocenters. The Morgan fingerprint density at radius 2 is 1.86 bits per heavy atom. The lowest BCUT2D eigenvalue weighted by Gasteiger charge is -2.13. The predicted octanol–water partition coefficient (Wildman–Crippen LogP) is 2.89. The van der Waals surface area contributed by atoms with Crippen LogP contribution in [0.25, 0.3) is 0 Å². The molecular weight excluding hydrogens is 547 g/mol. The zero-order valence-electron chi connectivity index (χ0n) is 16.2. The Kier molecular flexibility index (Phi) is 11.4. The van der Waals surface area contributed by atoms with Gasteiger partial charge in [-0.2, -0.15) is 0 Å². The zero-order chi connectivity index (χ0) is 20.6. The summed E-state index contributed by atoms with van der Waals surface area (Å²) in [5, 5.41) is 16.3. The van der Waals surface area contributed by atoms with Gasteiger partial charge < -0.3 is 15.7 Å². The fourth-order valence-electron chi connectivity index (χ4n) is 2.28. The molecule has 0 amide bonds. The Bertz CT molecular complexity index is 889. The molecule has 0 saturated carbocycles. The van der Waals surface area contributed by atoms with Gasteiger partial charge in [0.25, 0.3) is 0 Å². The molecule has 0 fully saturated rings. The summed E-state index contributed by atoms with van der Waals surface area (Å²) in [6, 6.07) is 10.2. The first-order chi connectivity index (χ1) is 13.3. The number of thiophene rings is 1. The van der Waals surface area contributed by atoms with Crippen molar-refractivity contribution in [3.63, 3.8) is 0 Å². The molecule has 2 rings (SSSR count). The average Bonchev–Trinajstić information content (AvgIpc) is 3.09. The van der Waals surface area contributed by atoms with Crippen molar-refractivity contribution in [3.05, 3.63) is 51.2 Å².